The fourth-order valence-electron chi connectivity index (χ4n) is 6.65. The number of benzene rings is 3. The van der Waals surface area contributed by atoms with E-state index < -0.39 is 23.6 Å². The molecule has 2 unspecified atom stereocenters. The van der Waals surface area contributed by atoms with E-state index in [0.717, 1.165) is 27.8 Å². The van der Waals surface area contributed by atoms with Gasteiger partial charge < -0.3 is 20.1 Å². The Morgan fingerprint density at radius 1 is 0.905 bits per heavy atom. The summed E-state index contributed by atoms with van der Waals surface area (Å²) in [6.07, 6.45) is -0.233. The van der Waals surface area contributed by atoms with Crippen molar-refractivity contribution in [1.29, 1.82) is 0 Å². The van der Waals surface area contributed by atoms with E-state index >= 15 is 0 Å². The lowest BCUT2D eigenvalue weighted by Crippen LogP contribution is -2.65. The van der Waals surface area contributed by atoms with Gasteiger partial charge in [0.2, 0.25) is 5.91 Å². The molecule has 2 aliphatic heterocycles. The zero-order valence-corrected chi connectivity index (χ0v) is 23.7. The minimum Gasteiger partial charge on any atom is -0.480 e. The molecule has 0 spiro atoms. The number of likely N-dealkylation sites (tertiary alicyclic amines) is 1. The number of carbonyl (C=O) groups is 3. The number of rotatable bonds is 7. The number of carboxylic acid groups (broad SMARTS) is 1. The zero-order valence-electron chi connectivity index (χ0n) is 23.7. The summed E-state index contributed by atoms with van der Waals surface area (Å²) in [4.78, 5) is 44.9. The maximum Gasteiger partial charge on any atom is 0.408 e. The van der Waals surface area contributed by atoms with Crippen LogP contribution in [0, 0.1) is 0 Å². The van der Waals surface area contributed by atoms with Gasteiger partial charge in [0, 0.05) is 45.2 Å². The highest BCUT2D eigenvalue weighted by molar-refractivity contribution is 5.91. The number of nitrogens with zero attached hydrogens (tertiary/aromatic N) is 3. The Bertz CT molecular complexity index is 1430. The number of carbonyl (C=O) groups excluding carboxylic acids is 2. The highest BCUT2D eigenvalue weighted by Crippen LogP contribution is 2.44. The average molecular weight is 569 g/mol. The van der Waals surface area contributed by atoms with Crippen molar-refractivity contribution in [3.05, 3.63) is 95.6 Å². The molecule has 0 radical (unpaired) electrons. The smallest absolute Gasteiger partial charge is 0.408 e. The van der Waals surface area contributed by atoms with Gasteiger partial charge in [-0.15, -0.1) is 0 Å². The topological polar surface area (TPSA) is 102 Å². The summed E-state index contributed by atoms with van der Waals surface area (Å²) in [6.45, 7) is 2.62. The molecular formula is C33H36N4O5. The molecule has 1 aliphatic carbocycles. The van der Waals surface area contributed by atoms with Crippen molar-refractivity contribution >= 4 is 18.0 Å². The van der Waals surface area contributed by atoms with Crippen LogP contribution in [0.15, 0.2) is 78.9 Å². The quantitative estimate of drug-likeness (QED) is 0.451. The molecule has 9 heteroatoms. The number of hydrogen-bond donors (Lipinski definition) is 2. The fraction of sp³-hybridized carbons (Fsp3) is 0.364. The second kappa shape index (κ2) is 11.6. The largest absolute Gasteiger partial charge is 0.480 e. The highest BCUT2D eigenvalue weighted by atomic mass is 16.5. The van der Waals surface area contributed by atoms with E-state index in [-0.39, 0.29) is 25.0 Å². The molecule has 6 rings (SSSR count). The van der Waals surface area contributed by atoms with Crippen molar-refractivity contribution in [3.8, 4) is 11.1 Å². The lowest BCUT2D eigenvalue weighted by atomic mass is 9.95. The molecule has 9 nitrogen and oxygen atoms in total. The normalized spacial score (nSPS) is 22.4. The van der Waals surface area contributed by atoms with Crippen molar-refractivity contribution < 1.29 is 24.2 Å². The fourth-order valence-corrected chi connectivity index (χ4v) is 6.65. The van der Waals surface area contributed by atoms with Crippen molar-refractivity contribution in [3.63, 3.8) is 0 Å². The number of amides is 2. The van der Waals surface area contributed by atoms with Crippen LogP contribution >= 0.6 is 0 Å². The van der Waals surface area contributed by atoms with Crippen molar-refractivity contribution in [2.75, 3.05) is 46.4 Å². The average Bonchev–Trinajstić information content (AvgIpc) is 3.55. The highest BCUT2D eigenvalue weighted by Gasteiger charge is 2.49. The molecule has 3 aliphatic rings. The second-order valence-electron chi connectivity index (χ2n) is 11.6. The van der Waals surface area contributed by atoms with Crippen LogP contribution in [-0.2, 0) is 20.9 Å². The Kier molecular flexibility index (Phi) is 7.70. The van der Waals surface area contributed by atoms with Crippen LogP contribution in [0.5, 0.6) is 0 Å². The summed E-state index contributed by atoms with van der Waals surface area (Å²) < 4.78 is 5.85. The van der Waals surface area contributed by atoms with Crippen LogP contribution in [0.25, 0.3) is 11.1 Å². The number of ether oxygens (including phenoxy) is 1. The van der Waals surface area contributed by atoms with E-state index in [4.69, 9.17) is 4.74 Å². The molecule has 2 amide bonds. The molecule has 2 atom stereocenters. The number of nitrogens with one attached hydrogen (secondary N) is 1. The van der Waals surface area contributed by atoms with Crippen LogP contribution in [-0.4, -0.2) is 95.7 Å². The molecule has 0 bridgehead atoms. The lowest BCUT2D eigenvalue weighted by molar-refractivity contribution is -0.149. The van der Waals surface area contributed by atoms with E-state index in [1.807, 2.05) is 54.6 Å². The molecule has 0 aromatic heterocycles. The molecule has 3 aromatic rings. The Hall–Kier alpha value is -4.21. The Morgan fingerprint density at radius 3 is 2.21 bits per heavy atom. The second-order valence-corrected chi connectivity index (χ2v) is 11.6. The van der Waals surface area contributed by atoms with Gasteiger partial charge in [-0.1, -0.05) is 78.9 Å². The molecule has 2 fully saturated rings. The van der Waals surface area contributed by atoms with Gasteiger partial charge in [0.05, 0.1) is 0 Å². The zero-order chi connectivity index (χ0) is 29.3. The number of likely N-dealkylation sites (N-methyl/N-ethyl adjacent to an activating group) is 1. The number of aliphatic carboxylic acids is 1. The van der Waals surface area contributed by atoms with Crippen LogP contribution in [0.2, 0.25) is 0 Å². The molecule has 2 saturated heterocycles. The predicted molar refractivity (Wildman–Crippen MR) is 158 cm³/mol. The van der Waals surface area contributed by atoms with Crippen molar-refractivity contribution in [2.45, 2.75) is 30.5 Å². The predicted octanol–water partition coefficient (Wildman–Crippen LogP) is 3.40. The Labute approximate surface area is 245 Å². The van der Waals surface area contributed by atoms with Crippen LogP contribution in [0.4, 0.5) is 4.79 Å². The molecule has 218 valence electrons. The van der Waals surface area contributed by atoms with Crippen LogP contribution in [0.1, 0.15) is 29.0 Å². The number of alkyl carbamates (subject to hydrolysis) is 1. The minimum atomic E-state index is -1.21. The van der Waals surface area contributed by atoms with Gasteiger partial charge in [-0.2, -0.15) is 0 Å². The van der Waals surface area contributed by atoms with E-state index in [0.29, 0.717) is 39.1 Å². The van der Waals surface area contributed by atoms with Gasteiger partial charge in [-0.25, -0.2) is 4.79 Å². The van der Waals surface area contributed by atoms with Gasteiger partial charge in [-0.3, -0.25) is 19.4 Å². The van der Waals surface area contributed by atoms with Gasteiger partial charge >= 0.3 is 12.1 Å². The molecule has 0 saturated carbocycles. The van der Waals surface area contributed by atoms with Crippen molar-refractivity contribution in [1.82, 2.24) is 20.0 Å². The van der Waals surface area contributed by atoms with E-state index in [1.54, 1.807) is 16.8 Å². The van der Waals surface area contributed by atoms with Crippen molar-refractivity contribution in [2.24, 2.45) is 0 Å². The first-order valence-corrected chi connectivity index (χ1v) is 14.5. The Morgan fingerprint density at radius 2 is 1.55 bits per heavy atom. The van der Waals surface area contributed by atoms with E-state index in [1.165, 1.54) is 0 Å². The summed E-state index contributed by atoms with van der Waals surface area (Å²) in [5.74, 6) is -1.32. The summed E-state index contributed by atoms with van der Waals surface area (Å²) in [5.41, 5.74) is 4.42. The minimum absolute atomic E-state index is 0.0669. The maximum absolute atomic E-state index is 14.1. The standard InChI is InChI=1S/C33H36N4O5/c1-35-17-18-37(20-29(35)30(38)39)31(40)33(15-16-36(22-33)19-23-9-3-2-4-10-23)34-32(41)42-21-28-26-13-7-5-11-24(26)25-12-6-8-14-27(25)28/h2-14,28-29H,15-22H2,1H3,(H,34,41)(H,38,39). The Balaban J connectivity index is 1.20. The van der Waals surface area contributed by atoms with E-state index in [9.17, 15) is 19.5 Å². The molecule has 42 heavy (non-hydrogen) atoms. The molecule has 3 aromatic carbocycles. The van der Waals surface area contributed by atoms with E-state index in [2.05, 4.69) is 34.5 Å². The first kappa shape index (κ1) is 27.9. The number of fused-ring (bicyclic) bond motifs is 3. The maximum atomic E-state index is 14.1. The summed E-state index contributed by atoms with van der Waals surface area (Å²) >= 11 is 0. The third-order valence-corrected chi connectivity index (χ3v) is 8.91. The first-order chi connectivity index (χ1) is 20.3. The lowest BCUT2D eigenvalue weighted by Gasteiger charge is -2.41. The summed E-state index contributed by atoms with van der Waals surface area (Å²) in [5, 5.41) is 12.7. The summed E-state index contributed by atoms with van der Waals surface area (Å²) in [6, 6.07) is 25.5. The molecular weight excluding hydrogens is 532 g/mol. The van der Waals surface area contributed by atoms with Gasteiger partial charge in [0.15, 0.2) is 0 Å². The number of hydrogen-bond acceptors (Lipinski definition) is 6. The molecule has 2 N–H and O–H groups in total. The van der Waals surface area contributed by atoms with Crippen LogP contribution in [0.3, 0.4) is 0 Å². The number of carboxylic acids is 1. The van der Waals surface area contributed by atoms with Gasteiger partial charge in [0.1, 0.15) is 18.2 Å². The first-order valence-electron chi connectivity index (χ1n) is 14.5. The van der Waals surface area contributed by atoms with Crippen LogP contribution < -0.4 is 5.32 Å². The monoisotopic (exact) mass is 568 g/mol. The SMILES string of the molecule is CN1CCN(C(=O)C2(NC(=O)OCC3c4ccccc4-c4ccccc43)CCN(Cc3ccccc3)C2)CC1C(=O)O. The molecule has 2 heterocycles. The number of piperazine rings is 1. The van der Waals surface area contributed by atoms with Gasteiger partial charge in [0.25, 0.3) is 0 Å². The third-order valence-electron chi connectivity index (χ3n) is 8.91. The third kappa shape index (κ3) is 5.37. The van der Waals surface area contributed by atoms with Gasteiger partial charge in [-0.05, 0) is 41.3 Å². The summed E-state index contributed by atoms with van der Waals surface area (Å²) in [7, 11) is 1.75.